The molecule has 0 rings (SSSR count). The fourth-order valence-corrected chi connectivity index (χ4v) is 1.14. The van der Waals surface area contributed by atoms with Crippen molar-refractivity contribution < 1.29 is 9.53 Å². The minimum Gasteiger partial charge on any atom is -0.458 e. The van der Waals surface area contributed by atoms with Gasteiger partial charge in [-0.2, -0.15) is 0 Å². The minimum atomic E-state index is -0.179. The summed E-state index contributed by atoms with van der Waals surface area (Å²) in [5.41, 5.74) is 0. The lowest BCUT2D eigenvalue weighted by Gasteiger charge is -2.23. The average molecular weight is 172 g/mol. The maximum Gasteiger partial charge on any atom is 0.323 e. The van der Waals surface area contributed by atoms with Crippen LogP contribution in [0.1, 0.15) is 27.7 Å². The molecule has 0 amide bonds. The van der Waals surface area contributed by atoms with Gasteiger partial charge in [0.05, 0.1) is 0 Å². The predicted molar refractivity (Wildman–Crippen MR) is 48.4 cm³/mol. The van der Waals surface area contributed by atoms with Gasteiger partial charge in [-0.15, -0.1) is 0 Å². The minimum absolute atomic E-state index is 0.142. The Kier molecular flexibility index (Phi) is 5.72. The zero-order valence-corrected chi connectivity index (χ0v) is 8.33. The zero-order chi connectivity index (χ0) is 9.56. The molecule has 0 aromatic rings. The van der Waals surface area contributed by atoms with E-state index in [0.717, 1.165) is 13.1 Å². The number of rotatable bonds is 5. The van der Waals surface area contributed by atoms with E-state index >= 15 is 0 Å². The van der Waals surface area contributed by atoms with Crippen LogP contribution in [0.4, 0.5) is 0 Å². The lowest BCUT2D eigenvalue weighted by Crippen LogP contribution is -2.39. The second-order valence-corrected chi connectivity index (χ2v) is 2.57. The van der Waals surface area contributed by atoms with Crippen molar-refractivity contribution in [3.05, 3.63) is 6.61 Å². The molecule has 0 heterocycles. The van der Waals surface area contributed by atoms with Crippen LogP contribution in [0.3, 0.4) is 0 Å². The molecule has 0 bridgehead atoms. The van der Waals surface area contributed by atoms with Crippen molar-refractivity contribution in [1.82, 2.24) is 4.90 Å². The summed E-state index contributed by atoms with van der Waals surface area (Å²) in [6, 6.07) is -0.142. The Bertz CT molecular complexity index is 132. The topological polar surface area (TPSA) is 29.5 Å². The summed E-state index contributed by atoms with van der Waals surface area (Å²) < 4.78 is 4.78. The first-order valence-electron chi connectivity index (χ1n) is 4.39. The smallest absolute Gasteiger partial charge is 0.323 e. The van der Waals surface area contributed by atoms with Crippen molar-refractivity contribution in [3.63, 3.8) is 0 Å². The third-order valence-corrected chi connectivity index (χ3v) is 1.94. The second-order valence-electron chi connectivity index (χ2n) is 2.57. The molecule has 12 heavy (non-hydrogen) atoms. The third kappa shape index (κ3) is 3.22. The van der Waals surface area contributed by atoms with E-state index in [4.69, 9.17) is 4.74 Å². The van der Waals surface area contributed by atoms with Crippen molar-refractivity contribution in [2.24, 2.45) is 0 Å². The molecule has 0 aromatic carbocycles. The van der Waals surface area contributed by atoms with E-state index in [1.807, 2.05) is 25.7 Å². The van der Waals surface area contributed by atoms with Crippen LogP contribution in [-0.2, 0) is 9.53 Å². The highest BCUT2D eigenvalue weighted by Crippen LogP contribution is 2.01. The maximum atomic E-state index is 11.2. The summed E-state index contributed by atoms with van der Waals surface area (Å²) in [6.07, 6.45) is 0. The van der Waals surface area contributed by atoms with Gasteiger partial charge in [0.2, 0.25) is 0 Å². The summed E-state index contributed by atoms with van der Waals surface area (Å²) in [4.78, 5) is 13.3. The quantitative estimate of drug-likeness (QED) is 0.588. The molecule has 1 atom stereocenters. The first-order chi connectivity index (χ1) is 5.67. The normalized spacial score (nSPS) is 13.1. The van der Waals surface area contributed by atoms with Crippen LogP contribution < -0.4 is 0 Å². The average Bonchev–Trinajstić information content (AvgIpc) is 2.07. The monoisotopic (exact) mass is 172 g/mol. The van der Waals surface area contributed by atoms with Crippen molar-refractivity contribution >= 4 is 5.97 Å². The Morgan fingerprint density at radius 2 is 2.00 bits per heavy atom. The number of carbonyl (C=O) groups is 1. The van der Waals surface area contributed by atoms with Crippen LogP contribution in [0.15, 0.2) is 0 Å². The Hall–Kier alpha value is -0.570. The van der Waals surface area contributed by atoms with Crippen molar-refractivity contribution in [3.8, 4) is 0 Å². The van der Waals surface area contributed by atoms with Gasteiger partial charge in [-0.1, -0.05) is 13.8 Å². The lowest BCUT2D eigenvalue weighted by atomic mass is 10.3. The van der Waals surface area contributed by atoms with E-state index in [1.165, 1.54) is 6.61 Å². The van der Waals surface area contributed by atoms with Crippen LogP contribution >= 0.6 is 0 Å². The standard InChI is InChI=1S/C9H18NO2/c1-5-10(6-2)8(4)9(11)12-7-3/h7-8H,5-6H2,1-4H3/t8-/m0/s1. The maximum absolute atomic E-state index is 11.2. The van der Waals surface area contributed by atoms with Crippen LogP contribution in [0.2, 0.25) is 0 Å². The SMILES string of the molecule is C[CH]OC(=O)[C@H](C)N(CC)CC. The summed E-state index contributed by atoms with van der Waals surface area (Å²) in [7, 11) is 0. The molecule has 0 saturated heterocycles. The van der Waals surface area contributed by atoms with Crippen LogP contribution in [0, 0.1) is 6.61 Å². The number of esters is 1. The first-order valence-corrected chi connectivity index (χ1v) is 4.39. The van der Waals surface area contributed by atoms with Crippen LogP contribution in [-0.4, -0.2) is 30.0 Å². The van der Waals surface area contributed by atoms with Crippen LogP contribution in [0.5, 0.6) is 0 Å². The van der Waals surface area contributed by atoms with Gasteiger partial charge >= 0.3 is 5.97 Å². The Morgan fingerprint density at radius 3 is 2.33 bits per heavy atom. The highest BCUT2D eigenvalue weighted by molar-refractivity contribution is 5.75. The van der Waals surface area contributed by atoms with Gasteiger partial charge in [0.25, 0.3) is 0 Å². The fraction of sp³-hybridized carbons (Fsp3) is 0.778. The van der Waals surface area contributed by atoms with Crippen molar-refractivity contribution in [2.75, 3.05) is 13.1 Å². The second kappa shape index (κ2) is 6.00. The molecule has 0 fully saturated rings. The molecule has 0 aliphatic rings. The van der Waals surface area contributed by atoms with Gasteiger partial charge in [0, 0.05) is 0 Å². The molecule has 0 spiro atoms. The van der Waals surface area contributed by atoms with Crippen molar-refractivity contribution in [2.45, 2.75) is 33.7 Å². The third-order valence-electron chi connectivity index (χ3n) is 1.94. The number of ether oxygens (including phenoxy) is 1. The van der Waals surface area contributed by atoms with E-state index in [1.54, 1.807) is 6.92 Å². The lowest BCUT2D eigenvalue weighted by molar-refractivity contribution is -0.145. The molecule has 0 aliphatic carbocycles. The summed E-state index contributed by atoms with van der Waals surface area (Å²) in [6.45, 7) is 10.8. The fourth-order valence-electron chi connectivity index (χ4n) is 1.14. The van der Waals surface area contributed by atoms with Gasteiger partial charge in [-0.3, -0.25) is 9.69 Å². The van der Waals surface area contributed by atoms with Crippen LogP contribution in [0.25, 0.3) is 0 Å². The van der Waals surface area contributed by atoms with E-state index in [9.17, 15) is 4.79 Å². The molecule has 0 aromatic heterocycles. The number of likely N-dealkylation sites (N-methyl/N-ethyl adjacent to an activating group) is 1. The molecular weight excluding hydrogens is 154 g/mol. The number of hydrogen-bond acceptors (Lipinski definition) is 3. The van der Waals surface area contributed by atoms with Gasteiger partial charge in [0.15, 0.2) is 0 Å². The number of hydrogen-bond donors (Lipinski definition) is 0. The molecule has 71 valence electrons. The van der Waals surface area contributed by atoms with E-state index in [2.05, 4.69) is 0 Å². The van der Waals surface area contributed by atoms with E-state index < -0.39 is 0 Å². The van der Waals surface area contributed by atoms with E-state index in [-0.39, 0.29) is 12.0 Å². The zero-order valence-electron chi connectivity index (χ0n) is 8.33. The molecule has 0 unspecified atom stereocenters. The number of carbonyl (C=O) groups excluding carboxylic acids is 1. The van der Waals surface area contributed by atoms with Crippen molar-refractivity contribution in [1.29, 1.82) is 0 Å². The van der Waals surface area contributed by atoms with Gasteiger partial charge in [0.1, 0.15) is 12.6 Å². The summed E-state index contributed by atoms with van der Waals surface area (Å²) in [5.74, 6) is -0.179. The highest BCUT2D eigenvalue weighted by atomic mass is 16.5. The Labute approximate surface area is 74.7 Å². The first kappa shape index (κ1) is 11.4. The largest absolute Gasteiger partial charge is 0.458 e. The Balaban J connectivity index is 3.96. The summed E-state index contributed by atoms with van der Waals surface area (Å²) in [5, 5.41) is 0. The van der Waals surface area contributed by atoms with Gasteiger partial charge in [-0.25, -0.2) is 0 Å². The molecular formula is C9H18NO2. The molecule has 3 heteroatoms. The summed E-state index contributed by atoms with van der Waals surface area (Å²) >= 11 is 0. The highest BCUT2D eigenvalue weighted by Gasteiger charge is 2.19. The molecule has 0 aliphatic heterocycles. The number of nitrogens with zero attached hydrogens (tertiary/aromatic N) is 1. The molecule has 3 nitrogen and oxygen atoms in total. The molecule has 0 N–H and O–H groups in total. The van der Waals surface area contributed by atoms with E-state index in [0.29, 0.717) is 0 Å². The Morgan fingerprint density at radius 1 is 1.50 bits per heavy atom. The van der Waals surface area contributed by atoms with Gasteiger partial charge < -0.3 is 4.74 Å². The molecule has 0 saturated carbocycles. The predicted octanol–water partition coefficient (Wildman–Crippen LogP) is 1.44. The molecule has 1 radical (unpaired) electrons. The van der Waals surface area contributed by atoms with Gasteiger partial charge in [-0.05, 0) is 26.9 Å².